The molecular weight excluding hydrogens is 410 g/mol. The van der Waals surface area contributed by atoms with Gasteiger partial charge in [0.05, 0.1) is 20.3 Å². The number of hydrogen-bond acceptors (Lipinski definition) is 6. The first-order chi connectivity index (χ1) is 15.5. The zero-order valence-corrected chi connectivity index (χ0v) is 18.5. The Morgan fingerprint density at radius 2 is 1.59 bits per heavy atom. The van der Waals surface area contributed by atoms with E-state index < -0.39 is 22.9 Å². The summed E-state index contributed by atoms with van der Waals surface area (Å²) in [6, 6.07) is 16.3. The van der Waals surface area contributed by atoms with Gasteiger partial charge < -0.3 is 14.2 Å². The molecule has 2 atom stereocenters. The zero-order valence-electron chi connectivity index (χ0n) is 18.5. The lowest BCUT2D eigenvalue weighted by atomic mass is 9.68. The van der Waals surface area contributed by atoms with Crippen LogP contribution >= 0.6 is 0 Å². The number of hydrogen-bond donors (Lipinski definition) is 0. The van der Waals surface area contributed by atoms with Crippen LogP contribution in [0.1, 0.15) is 43.7 Å². The smallest absolute Gasteiger partial charge is 0.324 e. The highest BCUT2D eigenvalue weighted by Crippen LogP contribution is 2.61. The van der Waals surface area contributed by atoms with Crippen molar-refractivity contribution < 1.29 is 23.8 Å². The van der Waals surface area contributed by atoms with Crippen LogP contribution in [-0.2, 0) is 24.6 Å². The van der Waals surface area contributed by atoms with Crippen LogP contribution in [0.2, 0.25) is 0 Å². The molecule has 1 aliphatic carbocycles. The van der Waals surface area contributed by atoms with E-state index in [1.807, 2.05) is 30.3 Å². The molecule has 0 aliphatic heterocycles. The fourth-order valence-corrected chi connectivity index (χ4v) is 4.69. The maximum absolute atomic E-state index is 13.5. The summed E-state index contributed by atoms with van der Waals surface area (Å²) in [5, 5.41) is 4.15. The number of carbonyl (C=O) groups is 2. The van der Waals surface area contributed by atoms with Crippen molar-refractivity contribution in [3.63, 3.8) is 0 Å². The van der Waals surface area contributed by atoms with Crippen molar-refractivity contribution in [2.45, 2.75) is 38.1 Å². The number of esters is 2. The van der Waals surface area contributed by atoms with Crippen LogP contribution in [0.25, 0.3) is 10.4 Å². The van der Waals surface area contributed by atoms with E-state index in [0.29, 0.717) is 11.3 Å². The second-order valence-electron chi connectivity index (χ2n) is 7.64. The highest BCUT2D eigenvalue weighted by molar-refractivity contribution is 6.03. The molecule has 32 heavy (non-hydrogen) atoms. The summed E-state index contributed by atoms with van der Waals surface area (Å²) in [6.45, 7) is 3.50. The topological polar surface area (TPSA) is 111 Å². The second kappa shape index (κ2) is 9.75. The maximum atomic E-state index is 13.5. The summed E-state index contributed by atoms with van der Waals surface area (Å²) >= 11 is 0. The third kappa shape index (κ3) is 3.78. The summed E-state index contributed by atoms with van der Waals surface area (Å²) in [6.07, 6.45) is 0.329. The lowest BCUT2D eigenvalue weighted by molar-refractivity contribution is -0.176. The van der Waals surface area contributed by atoms with Crippen molar-refractivity contribution in [1.82, 2.24) is 0 Å². The highest BCUT2D eigenvalue weighted by Gasteiger charge is 2.69. The first-order valence-electron chi connectivity index (χ1n) is 10.6. The molecule has 8 nitrogen and oxygen atoms in total. The molecule has 0 aromatic heterocycles. The predicted octanol–water partition coefficient (Wildman–Crippen LogP) is 4.89. The zero-order chi connectivity index (χ0) is 23.2. The van der Waals surface area contributed by atoms with Gasteiger partial charge in [-0.25, -0.2) is 0 Å². The number of ether oxygens (including phenoxy) is 3. The van der Waals surface area contributed by atoms with E-state index in [1.165, 1.54) is 0 Å². The van der Waals surface area contributed by atoms with Gasteiger partial charge in [0.25, 0.3) is 0 Å². The van der Waals surface area contributed by atoms with Gasteiger partial charge in [0, 0.05) is 4.91 Å². The van der Waals surface area contributed by atoms with Crippen LogP contribution in [-0.4, -0.2) is 32.3 Å². The molecular formula is C24H27N3O5. The first kappa shape index (κ1) is 23.2. The van der Waals surface area contributed by atoms with Crippen molar-refractivity contribution in [3.05, 3.63) is 76.2 Å². The first-order valence-corrected chi connectivity index (χ1v) is 10.6. The molecule has 0 unspecified atom stereocenters. The minimum absolute atomic E-state index is 0.0777. The lowest BCUT2D eigenvalue weighted by Gasteiger charge is -2.38. The van der Waals surface area contributed by atoms with Crippen molar-refractivity contribution in [1.29, 1.82) is 0 Å². The number of rotatable bonds is 8. The summed E-state index contributed by atoms with van der Waals surface area (Å²) < 4.78 is 16.0. The van der Waals surface area contributed by atoms with Gasteiger partial charge in [-0.15, -0.1) is 0 Å². The minimum Gasteiger partial charge on any atom is -0.497 e. The Morgan fingerprint density at radius 1 is 1.00 bits per heavy atom. The third-order valence-electron chi connectivity index (χ3n) is 6.10. The SMILES string of the molecule is CCOC(=O)C1(C(=O)OCC)C[C@H](c2ccc(OC)cc2)C[C@@]1(N=[N+]=[N-])c1ccccc1. The van der Waals surface area contributed by atoms with Crippen molar-refractivity contribution >= 4 is 11.9 Å². The quantitative estimate of drug-likeness (QED) is 0.192. The molecule has 1 aliphatic rings. The molecule has 0 amide bonds. The minimum atomic E-state index is -1.82. The normalized spacial score (nSPS) is 21.3. The molecule has 0 saturated heterocycles. The average molecular weight is 437 g/mol. The molecule has 3 rings (SSSR count). The number of carbonyl (C=O) groups excluding carboxylic acids is 2. The Balaban J connectivity index is 2.27. The number of benzene rings is 2. The largest absolute Gasteiger partial charge is 0.497 e. The Labute approximate surface area is 187 Å². The van der Waals surface area contributed by atoms with Gasteiger partial charge in [-0.3, -0.25) is 9.59 Å². The Kier molecular flexibility index (Phi) is 7.05. The summed E-state index contributed by atoms with van der Waals surface area (Å²) in [7, 11) is 1.58. The van der Waals surface area contributed by atoms with Crippen LogP contribution < -0.4 is 4.74 Å². The monoisotopic (exact) mass is 437 g/mol. The van der Waals surface area contributed by atoms with Gasteiger partial charge in [0.15, 0.2) is 5.41 Å². The fraction of sp³-hybridized carbons (Fsp3) is 0.417. The van der Waals surface area contributed by atoms with Gasteiger partial charge in [0.1, 0.15) is 11.3 Å². The van der Waals surface area contributed by atoms with E-state index in [-0.39, 0.29) is 32.0 Å². The maximum Gasteiger partial charge on any atom is 0.324 e. The molecule has 168 valence electrons. The standard InChI is InChI=1S/C24H27N3O5/c1-4-31-21(28)23(22(29)32-5-2)15-18(17-11-13-20(30-3)14-12-17)16-24(23,26-27-25)19-9-7-6-8-10-19/h6-14,18H,4-5,15-16H2,1-3H3/t18-,24+/m0/s1. The van der Waals surface area contributed by atoms with E-state index in [4.69, 9.17) is 14.2 Å². The van der Waals surface area contributed by atoms with E-state index in [0.717, 1.165) is 5.56 Å². The van der Waals surface area contributed by atoms with Gasteiger partial charge in [0.2, 0.25) is 0 Å². The van der Waals surface area contributed by atoms with Gasteiger partial charge in [-0.2, -0.15) is 0 Å². The van der Waals surface area contributed by atoms with E-state index in [2.05, 4.69) is 10.0 Å². The van der Waals surface area contributed by atoms with Crippen molar-refractivity contribution in [2.75, 3.05) is 20.3 Å². The number of nitrogens with zero attached hydrogens (tertiary/aromatic N) is 3. The molecule has 0 N–H and O–H groups in total. The van der Waals surface area contributed by atoms with Crippen molar-refractivity contribution in [2.24, 2.45) is 10.5 Å². The van der Waals surface area contributed by atoms with Crippen LogP contribution in [0.4, 0.5) is 0 Å². The van der Waals surface area contributed by atoms with Gasteiger partial charge >= 0.3 is 11.9 Å². The van der Waals surface area contributed by atoms with E-state index >= 15 is 0 Å². The molecule has 1 fully saturated rings. The van der Waals surface area contributed by atoms with Crippen LogP contribution in [0.15, 0.2) is 59.7 Å². The average Bonchev–Trinajstić information content (AvgIpc) is 3.17. The third-order valence-corrected chi connectivity index (χ3v) is 6.10. The number of methoxy groups -OCH3 is 1. The number of azide groups is 1. The Bertz CT molecular complexity index is 984. The second-order valence-corrected chi connectivity index (χ2v) is 7.64. The molecule has 0 bridgehead atoms. The highest BCUT2D eigenvalue weighted by atomic mass is 16.6. The van der Waals surface area contributed by atoms with Crippen LogP contribution in [0, 0.1) is 5.41 Å². The molecule has 0 radical (unpaired) electrons. The van der Waals surface area contributed by atoms with Crippen LogP contribution in [0.3, 0.4) is 0 Å². The molecule has 2 aromatic carbocycles. The van der Waals surface area contributed by atoms with Gasteiger partial charge in [-0.1, -0.05) is 47.6 Å². The molecule has 1 saturated carbocycles. The summed E-state index contributed by atoms with van der Waals surface area (Å²) in [5.41, 5.74) is 7.70. The molecule has 8 heteroatoms. The predicted molar refractivity (Wildman–Crippen MR) is 118 cm³/mol. The summed E-state index contributed by atoms with van der Waals surface area (Å²) in [5.74, 6) is -1.06. The van der Waals surface area contributed by atoms with E-state index in [9.17, 15) is 15.1 Å². The van der Waals surface area contributed by atoms with Gasteiger partial charge in [-0.05, 0) is 61.4 Å². The molecule has 0 heterocycles. The van der Waals surface area contributed by atoms with Crippen LogP contribution in [0.5, 0.6) is 5.75 Å². The molecule has 2 aromatic rings. The lowest BCUT2D eigenvalue weighted by Crippen LogP contribution is -2.53. The fourth-order valence-electron chi connectivity index (χ4n) is 4.69. The summed E-state index contributed by atoms with van der Waals surface area (Å²) in [4.78, 5) is 30.1. The Hall–Kier alpha value is -3.51. The molecule has 0 spiro atoms. The Morgan fingerprint density at radius 3 is 2.09 bits per heavy atom. The van der Waals surface area contributed by atoms with E-state index in [1.54, 1.807) is 45.2 Å². The van der Waals surface area contributed by atoms with Crippen molar-refractivity contribution in [3.8, 4) is 5.75 Å².